The molecule has 1 aromatic heterocycles. The number of rotatable bonds is 5. The van der Waals surface area contributed by atoms with Gasteiger partial charge in [0.05, 0.1) is 20.3 Å². The van der Waals surface area contributed by atoms with Crippen LogP contribution in [-0.4, -0.2) is 23.8 Å². The highest BCUT2D eigenvalue weighted by Crippen LogP contribution is 2.34. The third-order valence-electron chi connectivity index (χ3n) is 3.35. The Morgan fingerprint density at radius 3 is 2.40 bits per heavy atom. The average molecular weight is 275 g/mol. The Labute approximate surface area is 119 Å². The number of aromatic nitrogens is 2. The van der Waals surface area contributed by atoms with Gasteiger partial charge in [0, 0.05) is 31.2 Å². The van der Waals surface area contributed by atoms with E-state index in [1.54, 1.807) is 20.4 Å². The van der Waals surface area contributed by atoms with Crippen LogP contribution in [0.25, 0.3) is 0 Å². The van der Waals surface area contributed by atoms with Crippen LogP contribution in [0.15, 0.2) is 24.5 Å². The van der Waals surface area contributed by atoms with Crippen LogP contribution in [0.4, 0.5) is 5.69 Å². The molecule has 5 nitrogen and oxygen atoms in total. The van der Waals surface area contributed by atoms with Crippen molar-refractivity contribution in [1.82, 2.24) is 9.55 Å². The van der Waals surface area contributed by atoms with Gasteiger partial charge in [0.2, 0.25) is 0 Å². The highest BCUT2D eigenvalue weighted by Gasteiger charge is 2.14. The lowest BCUT2D eigenvalue weighted by Crippen LogP contribution is -2.12. The van der Waals surface area contributed by atoms with Crippen LogP contribution in [0.3, 0.4) is 0 Å². The van der Waals surface area contributed by atoms with E-state index in [1.165, 1.54) is 0 Å². The molecule has 0 bridgehead atoms. The van der Waals surface area contributed by atoms with Crippen LogP contribution in [0.2, 0.25) is 0 Å². The lowest BCUT2D eigenvalue weighted by molar-refractivity contribution is 0.355. The van der Waals surface area contributed by atoms with Crippen molar-refractivity contribution >= 4 is 5.69 Å². The average Bonchev–Trinajstić information content (AvgIpc) is 2.86. The number of nitrogens with zero attached hydrogens (tertiary/aromatic N) is 2. The first-order valence-corrected chi connectivity index (χ1v) is 6.53. The number of benzene rings is 1. The number of methoxy groups -OCH3 is 2. The Kier molecular flexibility index (Phi) is 4.17. The summed E-state index contributed by atoms with van der Waals surface area (Å²) in [5, 5.41) is 3.46. The molecule has 0 spiro atoms. The maximum atomic E-state index is 5.34. The van der Waals surface area contributed by atoms with E-state index >= 15 is 0 Å². The minimum absolute atomic E-state index is 0.104. The van der Waals surface area contributed by atoms with Crippen molar-refractivity contribution in [2.75, 3.05) is 19.5 Å². The maximum absolute atomic E-state index is 5.34. The minimum Gasteiger partial charge on any atom is -0.493 e. The first-order chi connectivity index (χ1) is 9.56. The number of nitrogens with one attached hydrogen (secondary N) is 1. The van der Waals surface area contributed by atoms with Gasteiger partial charge in [0.25, 0.3) is 0 Å². The second-order valence-corrected chi connectivity index (χ2v) is 4.78. The summed E-state index contributed by atoms with van der Waals surface area (Å²) in [5.74, 6) is 2.44. The van der Waals surface area contributed by atoms with Gasteiger partial charge in [-0.15, -0.1) is 0 Å². The predicted molar refractivity (Wildman–Crippen MR) is 79.5 cm³/mol. The zero-order chi connectivity index (χ0) is 14.7. The molecule has 0 saturated heterocycles. The van der Waals surface area contributed by atoms with Gasteiger partial charge in [0.1, 0.15) is 5.82 Å². The zero-order valence-corrected chi connectivity index (χ0v) is 12.6. The van der Waals surface area contributed by atoms with Gasteiger partial charge in [-0.1, -0.05) is 0 Å². The van der Waals surface area contributed by atoms with Crippen molar-refractivity contribution in [2.45, 2.75) is 19.9 Å². The molecule has 20 heavy (non-hydrogen) atoms. The monoisotopic (exact) mass is 275 g/mol. The van der Waals surface area contributed by atoms with Crippen LogP contribution in [0.5, 0.6) is 11.5 Å². The summed E-state index contributed by atoms with van der Waals surface area (Å²) in [6.45, 7) is 4.12. The number of ether oxygens (including phenoxy) is 2. The smallest absolute Gasteiger partial charge is 0.162 e. The highest BCUT2D eigenvalue weighted by atomic mass is 16.5. The van der Waals surface area contributed by atoms with Gasteiger partial charge in [-0.25, -0.2) is 4.98 Å². The van der Waals surface area contributed by atoms with Gasteiger partial charge in [-0.3, -0.25) is 0 Å². The number of hydrogen-bond acceptors (Lipinski definition) is 4. The second-order valence-electron chi connectivity index (χ2n) is 4.78. The lowest BCUT2D eigenvalue weighted by Gasteiger charge is -2.19. The van der Waals surface area contributed by atoms with E-state index in [1.807, 2.05) is 36.9 Å². The molecule has 1 heterocycles. The molecule has 5 heteroatoms. The molecule has 108 valence electrons. The van der Waals surface area contributed by atoms with Crippen molar-refractivity contribution in [3.63, 3.8) is 0 Å². The molecule has 0 radical (unpaired) electrons. The largest absolute Gasteiger partial charge is 0.493 e. The molecule has 0 fully saturated rings. The summed E-state index contributed by atoms with van der Waals surface area (Å²) in [6.07, 6.45) is 3.74. The van der Waals surface area contributed by atoms with E-state index in [9.17, 15) is 0 Å². The SMILES string of the molecule is COc1cc(C)c(NC(C)c2nccn2C)cc1OC. The third-order valence-corrected chi connectivity index (χ3v) is 3.35. The normalized spacial score (nSPS) is 12.1. The van der Waals surface area contributed by atoms with Gasteiger partial charge < -0.3 is 19.4 Å². The molecule has 1 N–H and O–H groups in total. The van der Waals surface area contributed by atoms with Crippen molar-refractivity contribution < 1.29 is 9.47 Å². The van der Waals surface area contributed by atoms with Crippen LogP contribution in [0, 0.1) is 6.92 Å². The van der Waals surface area contributed by atoms with Gasteiger partial charge in [-0.2, -0.15) is 0 Å². The molecule has 0 aliphatic carbocycles. The third kappa shape index (κ3) is 2.71. The van der Waals surface area contributed by atoms with Crippen LogP contribution < -0.4 is 14.8 Å². The lowest BCUT2D eigenvalue weighted by atomic mass is 10.1. The van der Waals surface area contributed by atoms with Crippen LogP contribution in [0.1, 0.15) is 24.4 Å². The van der Waals surface area contributed by atoms with E-state index in [4.69, 9.17) is 9.47 Å². The molecule has 0 amide bonds. The molecule has 2 aromatic rings. The fourth-order valence-electron chi connectivity index (χ4n) is 2.23. The fraction of sp³-hybridized carbons (Fsp3) is 0.400. The molecular formula is C15H21N3O2. The van der Waals surface area contributed by atoms with Gasteiger partial charge >= 0.3 is 0 Å². The summed E-state index contributed by atoms with van der Waals surface area (Å²) < 4.78 is 12.6. The van der Waals surface area contributed by atoms with E-state index in [-0.39, 0.29) is 6.04 Å². The number of anilines is 1. The van der Waals surface area contributed by atoms with Crippen molar-refractivity contribution in [2.24, 2.45) is 7.05 Å². The van der Waals surface area contributed by atoms with E-state index in [0.29, 0.717) is 5.75 Å². The van der Waals surface area contributed by atoms with Gasteiger partial charge in [-0.05, 0) is 25.5 Å². The molecule has 2 rings (SSSR count). The predicted octanol–water partition coefficient (Wildman–Crippen LogP) is 2.92. The summed E-state index contributed by atoms with van der Waals surface area (Å²) >= 11 is 0. The quantitative estimate of drug-likeness (QED) is 0.911. The number of imidazole rings is 1. The zero-order valence-electron chi connectivity index (χ0n) is 12.6. The number of hydrogen-bond donors (Lipinski definition) is 1. The molecule has 0 saturated carbocycles. The molecule has 1 aromatic carbocycles. The Hall–Kier alpha value is -2.17. The first-order valence-electron chi connectivity index (χ1n) is 6.53. The van der Waals surface area contributed by atoms with Crippen molar-refractivity contribution in [3.05, 3.63) is 35.9 Å². The maximum Gasteiger partial charge on any atom is 0.162 e. The van der Waals surface area contributed by atoms with E-state index < -0.39 is 0 Å². The summed E-state index contributed by atoms with van der Waals surface area (Å²) in [4.78, 5) is 4.36. The second kappa shape index (κ2) is 5.86. The molecule has 0 aliphatic heterocycles. The summed E-state index contributed by atoms with van der Waals surface area (Å²) in [7, 11) is 5.27. The topological polar surface area (TPSA) is 48.3 Å². The van der Waals surface area contributed by atoms with E-state index in [0.717, 1.165) is 22.8 Å². The standard InChI is InChI=1S/C15H21N3O2/c1-10-8-13(19-4)14(20-5)9-12(10)17-11(2)15-16-6-7-18(15)3/h6-9,11,17H,1-5H3. The molecule has 1 atom stereocenters. The Morgan fingerprint density at radius 1 is 1.20 bits per heavy atom. The van der Waals surface area contributed by atoms with Crippen molar-refractivity contribution in [1.29, 1.82) is 0 Å². The molecule has 1 unspecified atom stereocenters. The first kappa shape index (κ1) is 14.2. The Balaban J connectivity index is 2.27. The van der Waals surface area contributed by atoms with Gasteiger partial charge in [0.15, 0.2) is 11.5 Å². The minimum atomic E-state index is 0.104. The Morgan fingerprint density at radius 2 is 1.85 bits per heavy atom. The molecule has 0 aliphatic rings. The Bertz CT molecular complexity index is 593. The summed E-state index contributed by atoms with van der Waals surface area (Å²) in [6, 6.07) is 4.02. The number of aryl methyl sites for hydroxylation is 2. The van der Waals surface area contributed by atoms with Crippen LogP contribution in [-0.2, 0) is 7.05 Å². The van der Waals surface area contributed by atoms with E-state index in [2.05, 4.69) is 17.2 Å². The fourth-order valence-corrected chi connectivity index (χ4v) is 2.23. The summed E-state index contributed by atoms with van der Waals surface area (Å²) in [5.41, 5.74) is 2.11. The highest BCUT2D eigenvalue weighted by molar-refractivity contribution is 5.60. The van der Waals surface area contributed by atoms with Crippen LogP contribution >= 0.6 is 0 Å². The molecular weight excluding hydrogens is 254 g/mol. The van der Waals surface area contributed by atoms with Crippen molar-refractivity contribution in [3.8, 4) is 11.5 Å².